The number of piperidine rings is 1. The van der Waals surface area contributed by atoms with Crippen LogP contribution in [0.5, 0.6) is 0 Å². The molecule has 1 atom stereocenters. The molecular weight excluding hydrogens is 238 g/mol. The second-order valence-electron chi connectivity index (χ2n) is 4.83. The van der Waals surface area contributed by atoms with Crippen molar-refractivity contribution in [1.82, 2.24) is 14.1 Å². The third-order valence-electron chi connectivity index (χ3n) is 3.43. The molecule has 2 rings (SSSR count). The Morgan fingerprint density at radius 1 is 1.47 bits per heavy atom. The Balaban J connectivity index is 2.33. The SMILES string of the molecule is Cc1c(S(=O)(=O)N2CCCC(C)C2)cnn1C. The van der Waals surface area contributed by atoms with E-state index in [9.17, 15) is 8.42 Å². The van der Waals surface area contributed by atoms with Gasteiger partial charge in [0.2, 0.25) is 10.0 Å². The Hall–Kier alpha value is -0.880. The number of rotatable bonds is 2. The summed E-state index contributed by atoms with van der Waals surface area (Å²) < 4.78 is 28.1. The largest absolute Gasteiger partial charge is 0.272 e. The van der Waals surface area contributed by atoms with Gasteiger partial charge < -0.3 is 0 Å². The van der Waals surface area contributed by atoms with Gasteiger partial charge in [0.25, 0.3) is 0 Å². The summed E-state index contributed by atoms with van der Waals surface area (Å²) in [5.41, 5.74) is 0.697. The van der Waals surface area contributed by atoms with Crippen molar-refractivity contribution in [3.05, 3.63) is 11.9 Å². The van der Waals surface area contributed by atoms with E-state index >= 15 is 0 Å². The molecule has 0 aliphatic carbocycles. The van der Waals surface area contributed by atoms with Crippen LogP contribution in [0.4, 0.5) is 0 Å². The fraction of sp³-hybridized carbons (Fsp3) is 0.727. The second-order valence-corrected chi connectivity index (χ2v) is 6.73. The van der Waals surface area contributed by atoms with Crippen LogP contribution in [-0.2, 0) is 17.1 Å². The summed E-state index contributed by atoms with van der Waals surface area (Å²) >= 11 is 0. The van der Waals surface area contributed by atoms with E-state index in [4.69, 9.17) is 0 Å². The topological polar surface area (TPSA) is 55.2 Å². The lowest BCUT2D eigenvalue weighted by Crippen LogP contribution is -2.39. The number of aryl methyl sites for hydroxylation is 1. The van der Waals surface area contributed by atoms with Gasteiger partial charge in [-0.2, -0.15) is 9.40 Å². The first-order valence-electron chi connectivity index (χ1n) is 5.91. The van der Waals surface area contributed by atoms with Crippen molar-refractivity contribution in [1.29, 1.82) is 0 Å². The summed E-state index contributed by atoms with van der Waals surface area (Å²) in [6.45, 7) is 5.13. The van der Waals surface area contributed by atoms with Gasteiger partial charge in [0, 0.05) is 20.1 Å². The number of hydrogen-bond acceptors (Lipinski definition) is 3. The molecule has 96 valence electrons. The van der Waals surface area contributed by atoms with Crippen LogP contribution in [0.15, 0.2) is 11.1 Å². The lowest BCUT2D eigenvalue weighted by Gasteiger charge is -2.29. The van der Waals surface area contributed by atoms with Gasteiger partial charge in [-0.1, -0.05) is 6.92 Å². The van der Waals surface area contributed by atoms with E-state index in [-0.39, 0.29) is 0 Å². The number of hydrogen-bond donors (Lipinski definition) is 0. The van der Waals surface area contributed by atoms with E-state index in [0.29, 0.717) is 29.6 Å². The normalized spacial score (nSPS) is 22.9. The van der Waals surface area contributed by atoms with Crippen molar-refractivity contribution >= 4 is 10.0 Å². The smallest absolute Gasteiger partial charge is 0.246 e. The maximum Gasteiger partial charge on any atom is 0.246 e. The molecule has 1 fully saturated rings. The first-order chi connectivity index (χ1) is 7.93. The lowest BCUT2D eigenvalue weighted by atomic mass is 10.0. The minimum Gasteiger partial charge on any atom is -0.272 e. The highest BCUT2D eigenvalue weighted by Crippen LogP contribution is 2.24. The third-order valence-corrected chi connectivity index (χ3v) is 5.40. The van der Waals surface area contributed by atoms with Crippen LogP contribution in [0.2, 0.25) is 0 Å². The highest BCUT2D eigenvalue weighted by molar-refractivity contribution is 7.89. The van der Waals surface area contributed by atoms with Crippen LogP contribution >= 0.6 is 0 Å². The van der Waals surface area contributed by atoms with E-state index in [1.54, 1.807) is 23.0 Å². The third kappa shape index (κ3) is 2.24. The molecule has 0 spiro atoms. The highest BCUT2D eigenvalue weighted by Gasteiger charge is 2.30. The van der Waals surface area contributed by atoms with E-state index in [2.05, 4.69) is 12.0 Å². The highest BCUT2D eigenvalue weighted by atomic mass is 32.2. The summed E-state index contributed by atoms with van der Waals surface area (Å²) in [7, 11) is -1.60. The quantitative estimate of drug-likeness (QED) is 0.798. The summed E-state index contributed by atoms with van der Waals surface area (Å²) in [6, 6.07) is 0. The molecule has 1 unspecified atom stereocenters. The molecule has 17 heavy (non-hydrogen) atoms. The predicted molar refractivity (Wildman–Crippen MR) is 65.1 cm³/mol. The molecule has 1 saturated heterocycles. The van der Waals surface area contributed by atoms with Crippen LogP contribution in [0.25, 0.3) is 0 Å². The van der Waals surface area contributed by atoms with Crippen LogP contribution in [0.1, 0.15) is 25.5 Å². The monoisotopic (exact) mass is 257 g/mol. The molecule has 1 aromatic rings. The zero-order valence-electron chi connectivity index (χ0n) is 10.5. The number of nitrogens with zero attached hydrogens (tertiary/aromatic N) is 3. The zero-order chi connectivity index (χ0) is 12.6. The minimum absolute atomic E-state index is 0.342. The van der Waals surface area contributed by atoms with E-state index in [0.717, 1.165) is 12.8 Å². The molecule has 5 nitrogen and oxygen atoms in total. The predicted octanol–water partition coefficient (Wildman–Crippen LogP) is 1.15. The summed E-state index contributed by atoms with van der Waals surface area (Å²) in [6.07, 6.45) is 3.50. The Morgan fingerprint density at radius 3 is 2.71 bits per heavy atom. The van der Waals surface area contributed by atoms with Crippen molar-refractivity contribution in [2.45, 2.75) is 31.6 Å². The number of aromatic nitrogens is 2. The van der Waals surface area contributed by atoms with Gasteiger partial charge in [-0.25, -0.2) is 8.42 Å². The van der Waals surface area contributed by atoms with Gasteiger partial charge in [0.1, 0.15) is 4.90 Å². The Morgan fingerprint density at radius 2 is 2.18 bits per heavy atom. The molecule has 0 bridgehead atoms. The summed E-state index contributed by atoms with van der Waals surface area (Å²) in [5, 5.41) is 4.01. The van der Waals surface area contributed by atoms with Crippen molar-refractivity contribution in [2.75, 3.05) is 13.1 Å². The van der Waals surface area contributed by atoms with Gasteiger partial charge in [-0.15, -0.1) is 0 Å². The Kier molecular flexibility index (Phi) is 3.27. The van der Waals surface area contributed by atoms with Crippen molar-refractivity contribution in [3.63, 3.8) is 0 Å². The molecule has 0 saturated carbocycles. The van der Waals surface area contributed by atoms with Crippen molar-refractivity contribution < 1.29 is 8.42 Å². The molecule has 0 N–H and O–H groups in total. The van der Waals surface area contributed by atoms with Crippen molar-refractivity contribution in [2.24, 2.45) is 13.0 Å². The molecule has 1 aromatic heterocycles. The standard InChI is InChI=1S/C11H19N3O2S/c1-9-5-4-6-14(8-9)17(15,16)11-7-12-13(3)10(11)2/h7,9H,4-6,8H2,1-3H3. The van der Waals surface area contributed by atoms with Crippen LogP contribution in [0.3, 0.4) is 0 Å². The maximum atomic E-state index is 12.4. The second kappa shape index (κ2) is 4.42. The van der Waals surface area contributed by atoms with Gasteiger partial charge in [-0.05, 0) is 25.7 Å². The first kappa shape index (κ1) is 12.6. The first-order valence-corrected chi connectivity index (χ1v) is 7.35. The molecule has 1 aliphatic rings. The summed E-state index contributed by atoms with van der Waals surface area (Å²) in [5.74, 6) is 0.440. The number of sulfonamides is 1. The fourth-order valence-corrected chi connectivity index (χ4v) is 4.02. The lowest BCUT2D eigenvalue weighted by molar-refractivity contribution is 0.281. The van der Waals surface area contributed by atoms with Crippen LogP contribution in [0, 0.1) is 12.8 Å². The van der Waals surface area contributed by atoms with E-state index in [1.165, 1.54) is 6.20 Å². The fourth-order valence-electron chi connectivity index (χ4n) is 2.24. The summed E-state index contributed by atoms with van der Waals surface area (Å²) in [4.78, 5) is 0.342. The minimum atomic E-state index is -3.35. The molecule has 1 aliphatic heterocycles. The molecular formula is C11H19N3O2S. The van der Waals surface area contributed by atoms with Gasteiger partial charge in [0.05, 0.1) is 11.9 Å². The Labute approximate surface area is 102 Å². The zero-order valence-corrected chi connectivity index (χ0v) is 11.4. The molecule has 2 heterocycles. The van der Waals surface area contributed by atoms with Crippen molar-refractivity contribution in [3.8, 4) is 0 Å². The molecule has 0 amide bonds. The average Bonchev–Trinajstić information content (AvgIpc) is 2.60. The van der Waals surface area contributed by atoms with Gasteiger partial charge >= 0.3 is 0 Å². The van der Waals surface area contributed by atoms with E-state index in [1.807, 2.05) is 0 Å². The van der Waals surface area contributed by atoms with Gasteiger partial charge in [0.15, 0.2) is 0 Å². The van der Waals surface area contributed by atoms with Crippen LogP contribution < -0.4 is 0 Å². The average molecular weight is 257 g/mol. The van der Waals surface area contributed by atoms with E-state index < -0.39 is 10.0 Å². The van der Waals surface area contributed by atoms with Gasteiger partial charge in [-0.3, -0.25) is 4.68 Å². The maximum absolute atomic E-state index is 12.4. The molecule has 0 radical (unpaired) electrons. The molecule has 0 aromatic carbocycles. The Bertz CT molecular complexity index is 507. The molecule has 6 heteroatoms. The van der Waals surface area contributed by atoms with Crippen LogP contribution in [-0.4, -0.2) is 35.6 Å².